The van der Waals surface area contributed by atoms with Gasteiger partial charge in [-0.05, 0) is 28.7 Å². The summed E-state index contributed by atoms with van der Waals surface area (Å²) < 4.78 is 0. The molecule has 0 aliphatic carbocycles. The quantitative estimate of drug-likeness (QED) is 0.500. The standard InChI is InChI=1S/C17H17Cl3N2/c1-17(2,3)12-6-4-11(5-7-12)10-21-22-16-14(19)8-13(18)9-15(16)20/h4-10,22H,1-3H3. The molecule has 0 saturated carbocycles. The number of hydrazone groups is 1. The van der Waals surface area contributed by atoms with Gasteiger partial charge in [0.25, 0.3) is 0 Å². The lowest BCUT2D eigenvalue weighted by Gasteiger charge is -2.18. The molecule has 0 aromatic heterocycles. The van der Waals surface area contributed by atoms with Crippen LogP contribution in [0.25, 0.3) is 0 Å². The molecule has 116 valence electrons. The van der Waals surface area contributed by atoms with Crippen LogP contribution in [-0.2, 0) is 5.41 Å². The van der Waals surface area contributed by atoms with Crippen molar-refractivity contribution in [3.63, 3.8) is 0 Å². The predicted octanol–water partition coefficient (Wildman–Crippen LogP) is 6.39. The van der Waals surface area contributed by atoms with Gasteiger partial charge in [0, 0.05) is 5.02 Å². The average Bonchev–Trinajstić information content (AvgIpc) is 2.41. The molecule has 0 atom stereocenters. The molecule has 2 rings (SSSR count). The average molecular weight is 356 g/mol. The SMILES string of the molecule is CC(C)(C)c1ccc(C=NNc2c(Cl)cc(Cl)cc2Cl)cc1. The smallest absolute Gasteiger partial charge is 0.0935 e. The minimum atomic E-state index is 0.137. The predicted molar refractivity (Wildman–Crippen MR) is 97.8 cm³/mol. The Balaban J connectivity index is 2.10. The molecule has 22 heavy (non-hydrogen) atoms. The van der Waals surface area contributed by atoms with E-state index < -0.39 is 0 Å². The van der Waals surface area contributed by atoms with Crippen molar-refractivity contribution in [1.29, 1.82) is 0 Å². The van der Waals surface area contributed by atoms with E-state index in [4.69, 9.17) is 34.8 Å². The molecule has 0 fully saturated rings. The first-order valence-electron chi connectivity index (χ1n) is 6.81. The Kier molecular flexibility index (Phi) is 5.38. The minimum absolute atomic E-state index is 0.137. The van der Waals surface area contributed by atoms with Gasteiger partial charge in [0.05, 0.1) is 21.9 Å². The van der Waals surface area contributed by atoms with Crippen LogP contribution < -0.4 is 5.43 Å². The third-order valence-corrected chi connectivity index (χ3v) is 3.99. The minimum Gasteiger partial charge on any atom is -0.275 e. The van der Waals surface area contributed by atoms with E-state index in [9.17, 15) is 0 Å². The molecule has 0 aliphatic heterocycles. The van der Waals surface area contributed by atoms with E-state index in [0.29, 0.717) is 20.8 Å². The highest BCUT2D eigenvalue weighted by Crippen LogP contribution is 2.33. The normalized spacial score (nSPS) is 11.9. The van der Waals surface area contributed by atoms with Crippen LogP contribution in [0.15, 0.2) is 41.5 Å². The van der Waals surface area contributed by atoms with Gasteiger partial charge in [-0.1, -0.05) is 79.8 Å². The molecule has 0 unspecified atom stereocenters. The van der Waals surface area contributed by atoms with Gasteiger partial charge in [0.1, 0.15) is 0 Å². The van der Waals surface area contributed by atoms with Crippen molar-refractivity contribution in [2.45, 2.75) is 26.2 Å². The second kappa shape index (κ2) is 6.91. The number of nitrogens with one attached hydrogen (secondary N) is 1. The van der Waals surface area contributed by atoms with Crippen molar-refractivity contribution < 1.29 is 0 Å². The van der Waals surface area contributed by atoms with Crippen LogP contribution >= 0.6 is 34.8 Å². The maximum Gasteiger partial charge on any atom is 0.0935 e. The Bertz CT molecular complexity index is 663. The van der Waals surface area contributed by atoms with Gasteiger partial charge in [0.2, 0.25) is 0 Å². The summed E-state index contributed by atoms with van der Waals surface area (Å²) in [6, 6.07) is 11.5. The van der Waals surface area contributed by atoms with Crippen molar-refractivity contribution in [3.05, 3.63) is 62.6 Å². The van der Waals surface area contributed by atoms with Crippen molar-refractivity contribution in [2.75, 3.05) is 5.43 Å². The number of anilines is 1. The summed E-state index contributed by atoms with van der Waals surface area (Å²) >= 11 is 18.0. The molecule has 0 heterocycles. The Morgan fingerprint density at radius 3 is 2.00 bits per heavy atom. The summed E-state index contributed by atoms with van der Waals surface area (Å²) in [5.74, 6) is 0. The van der Waals surface area contributed by atoms with Crippen LogP contribution in [0.2, 0.25) is 15.1 Å². The number of rotatable bonds is 3. The highest BCUT2D eigenvalue weighted by atomic mass is 35.5. The molecular weight excluding hydrogens is 339 g/mol. The van der Waals surface area contributed by atoms with Crippen LogP contribution in [0.5, 0.6) is 0 Å². The van der Waals surface area contributed by atoms with Crippen LogP contribution in [0, 0.1) is 0 Å². The molecule has 5 heteroatoms. The molecule has 0 aliphatic rings. The zero-order chi connectivity index (χ0) is 16.3. The largest absolute Gasteiger partial charge is 0.275 e. The van der Waals surface area contributed by atoms with Crippen molar-refractivity contribution >= 4 is 46.7 Å². The van der Waals surface area contributed by atoms with Crippen molar-refractivity contribution in [1.82, 2.24) is 0 Å². The van der Waals surface area contributed by atoms with E-state index in [2.05, 4.69) is 43.4 Å². The van der Waals surface area contributed by atoms with Gasteiger partial charge in [-0.2, -0.15) is 5.10 Å². The van der Waals surface area contributed by atoms with Gasteiger partial charge in [-0.15, -0.1) is 0 Å². The second-order valence-corrected chi connectivity index (χ2v) is 7.24. The summed E-state index contributed by atoms with van der Waals surface area (Å²) in [5.41, 5.74) is 5.79. The van der Waals surface area contributed by atoms with Gasteiger partial charge in [-0.25, -0.2) is 0 Å². The zero-order valence-electron chi connectivity index (χ0n) is 12.6. The molecule has 2 aromatic rings. The first-order chi connectivity index (χ1) is 10.3. The fraction of sp³-hybridized carbons (Fsp3) is 0.235. The molecule has 0 amide bonds. The number of benzene rings is 2. The molecule has 0 radical (unpaired) electrons. The van der Waals surface area contributed by atoms with Crippen LogP contribution in [0.3, 0.4) is 0 Å². The van der Waals surface area contributed by atoms with Crippen molar-refractivity contribution in [2.24, 2.45) is 5.10 Å². The van der Waals surface area contributed by atoms with E-state index in [1.807, 2.05) is 12.1 Å². The van der Waals surface area contributed by atoms with Gasteiger partial charge in [-0.3, -0.25) is 5.43 Å². The molecular formula is C17H17Cl3N2. The van der Waals surface area contributed by atoms with E-state index in [1.165, 1.54) is 5.56 Å². The summed E-state index contributed by atoms with van der Waals surface area (Å²) in [6.07, 6.45) is 1.72. The highest BCUT2D eigenvalue weighted by Gasteiger charge is 2.12. The molecule has 1 N–H and O–H groups in total. The molecule has 0 bridgehead atoms. The lowest BCUT2D eigenvalue weighted by atomic mass is 9.87. The Morgan fingerprint density at radius 1 is 0.955 bits per heavy atom. The first-order valence-corrected chi connectivity index (χ1v) is 7.95. The van der Waals surface area contributed by atoms with E-state index in [1.54, 1.807) is 18.3 Å². The lowest BCUT2D eigenvalue weighted by Crippen LogP contribution is -2.10. The Labute approximate surface area is 146 Å². The maximum absolute atomic E-state index is 6.08. The van der Waals surface area contributed by atoms with Gasteiger partial charge in [0.15, 0.2) is 0 Å². The zero-order valence-corrected chi connectivity index (χ0v) is 14.9. The van der Waals surface area contributed by atoms with Gasteiger partial charge < -0.3 is 0 Å². The summed E-state index contributed by atoms with van der Waals surface area (Å²) in [4.78, 5) is 0. The lowest BCUT2D eigenvalue weighted by molar-refractivity contribution is 0.590. The number of hydrogen-bond acceptors (Lipinski definition) is 2. The number of nitrogens with zero attached hydrogens (tertiary/aromatic N) is 1. The molecule has 0 spiro atoms. The van der Waals surface area contributed by atoms with Crippen LogP contribution in [0.1, 0.15) is 31.9 Å². The molecule has 2 aromatic carbocycles. The Hall–Kier alpha value is -1.22. The highest BCUT2D eigenvalue weighted by molar-refractivity contribution is 6.41. The number of halogens is 3. The van der Waals surface area contributed by atoms with Gasteiger partial charge >= 0.3 is 0 Å². The third kappa shape index (κ3) is 4.39. The topological polar surface area (TPSA) is 24.4 Å². The fourth-order valence-corrected chi connectivity index (χ4v) is 2.79. The molecule has 0 saturated heterocycles. The van der Waals surface area contributed by atoms with E-state index >= 15 is 0 Å². The summed E-state index contributed by atoms with van der Waals surface area (Å²) in [5, 5.41) is 5.51. The van der Waals surface area contributed by atoms with Crippen LogP contribution in [-0.4, -0.2) is 6.21 Å². The third-order valence-electron chi connectivity index (χ3n) is 3.17. The number of hydrogen-bond donors (Lipinski definition) is 1. The second-order valence-electron chi connectivity index (χ2n) is 5.99. The van der Waals surface area contributed by atoms with E-state index in [0.717, 1.165) is 5.56 Å². The summed E-state index contributed by atoms with van der Waals surface area (Å²) in [6.45, 7) is 6.55. The first kappa shape index (κ1) is 17.1. The maximum atomic E-state index is 6.08. The monoisotopic (exact) mass is 354 g/mol. The summed E-state index contributed by atoms with van der Waals surface area (Å²) in [7, 11) is 0. The van der Waals surface area contributed by atoms with Crippen molar-refractivity contribution in [3.8, 4) is 0 Å². The molecule has 2 nitrogen and oxygen atoms in total. The Morgan fingerprint density at radius 2 is 1.50 bits per heavy atom. The van der Waals surface area contributed by atoms with Crippen LogP contribution in [0.4, 0.5) is 5.69 Å². The fourth-order valence-electron chi connectivity index (χ4n) is 1.89. The van der Waals surface area contributed by atoms with E-state index in [-0.39, 0.29) is 5.41 Å².